The minimum atomic E-state index is -0.914. The van der Waals surface area contributed by atoms with Gasteiger partial charge in [0, 0.05) is 27.7 Å². The average Bonchev–Trinajstić information content (AvgIpc) is 3.44. The van der Waals surface area contributed by atoms with Crippen molar-refractivity contribution in [2.45, 2.75) is 19.6 Å². The third-order valence-corrected chi connectivity index (χ3v) is 9.37. The molecule has 2 heterocycles. The van der Waals surface area contributed by atoms with Crippen molar-refractivity contribution in [3.8, 4) is 17.2 Å². The molecule has 0 bridgehead atoms. The first-order valence-corrected chi connectivity index (χ1v) is 17.0. The smallest absolute Gasteiger partial charge is 0.338 e. The molecule has 6 rings (SSSR count). The number of thiazole rings is 1. The monoisotopic (exact) mass is 755 g/mol. The van der Waals surface area contributed by atoms with Gasteiger partial charge in [-0.1, -0.05) is 63.7 Å². The lowest BCUT2D eigenvalue weighted by atomic mass is 9.93. The molecule has 13 heteroatoms. The number of benzene rings is 4. The fourth-order valence-corrected chi connectivity index (χ4v) is 6.93. The van der Waals surface area contributed by atoms with E-state index in [0.717, 1.165) is 10.0 Å². The van der Waals surface area contributed by atoms with Crippen LogP contribution in [0.25, 0.3) is 11.8 Å². The number of ether oxygens (including phenoxy) is 4. The molecule has 1 aliphatic rings. The van der Waals surface area contributed by atoms with Gasteiger partial charge in [0.2, 0.25) is 0 Å². The Bertz CT molecular complexity index is 2300. The number of nitro groups is 1. The van der Waals surface area contributed by atoms with Crippen LogP contribution < -0.4 is 29.1 Å². The van der Waals surface area contributed by atoms with Gasteiger partial charge >= 0.3 is 5.97 Å². The van der Waals surface area contributed by atoms with E-state index < -0.39 is 16.9 Å². The topological polar surface area (TPSA) is 131 Å². The van der Waals surface area contributed by atoms with Crippen molar-refractivity contribution in [2.75, 3.05) is 20.8 Å². The van der Waals surface area contributed by atoms with Crippen LogP contribution >= 0.6 is 27.3 Å². The Kier molecular flexibility index (Phi) is 10.3. The fourth-order valence-electron chi connectivity index (χ4n) is 5.56. The lowest BCUT2D eigenvalue weighted by molar-refractivity contribution is -0.384. The van der Waals surface area contributed by atoms with E-state index >= 15 is 0 Å². The van der Waals surface area contributed by atoms with Crippen LogP contribution in [0.15, 0.2) is 111 Å². The number of esters is 1. The van der Waals surface area contributed by atoms with E-state index in [2.05, 4.69) is 15.9 Å². The number of nitro benzene ring substituents is 1. The van der Waals surface area contributed by atoms with Gasteiger partial charge < -0.3 is 18.9 Å². The van der Waals surface area contributed by atoms with Crippen LogP contribution in [0.1, 0.15) is 35.2 Å². The van der Waals surface area contributed by atoms with E-state index in [1.165, 1.54) is 42.3 Å². The number of fused-ring (bicyclic) bond motifs is 1. The standard InChI is InChI=1S/C37H30BrN3O8S/c1-4-48-36(43)32-33(23-8-6-5-7-9-23)39-37-40(34(32)24-12-16-29(46-2)30(19-24)47-3)35(42)31(50-37)20-25-18-26(38)13-17-28(25)49-21-22-10-14-27(15-11-22)41(44)45/h5-20,34H,4,21H2,1-3H3/b31-20-/t34-/m1/s1. The lowest BCUT2D eigenvalue weighted by Gasteiger charge is -2.26. The van der Waals surface area contributed by atoms with Gasteiger partial charge in [-0.25, -0.2) is 9.79 Å². The third kappa shape index (κ3) is 6.96. The zero-order valence-corrected chi connectivity index (χ0v) is 29.5. The summed E-state index contributed by atoms with van der Waals surface area (Å²) in [5, 5.41) is 11.1. The summed E-state index contributed by atoms with van der Waals surface area (Å²) < 4.78 is 25.4. The molecule has 0 fully saturated rings. The lowest BCUT2D eigenvalue weighted by Crippen LogP contribution is -2.40. The van der Waals surface area contributed by atoms with E-state index in [1.807, 2.05) is 42.5 Å². The van der Waals surface area contributed by atoms with Crippen LogP contribution in [0.2, 0.25) is 0 Å². The Morgan fingerprint density at radius 3 is 2.38 bits per heavy atom. The molecule has 11 nitrogen and oxygen atoms in total. The summed E-state index contributed by atoms with van der Waals surface area (Å²) in [7, 11) is 3.05. The Hall–Kier alpha value is -5.53. The van der Waals surface area contributed by atoms with Crippen molar-refractivity contribution in [1.29, 1.82) is 0 Å². The molecule has 1 atom stereocenters. The summed E-state index contributed by atoms with van der Waals surface area (Å²) in [4.78, 5) is 44.2. The SMILES string of the molecule is CCOC(=O)C1=C(c2ccccc2)N=c2s/c(=C\c3cc(Br)ccc3OCc3ccc([N+](=O)[O-])cc3)c(=O)n2[C@@H]1c1ccc(OC)c(OC)c1. The van der Waals surface area contributed by atoms with Gasteiger partial charge in [-0.2, -0.15) is 0 Å². The number of non-ortho nitro benzene ring substituents is 1. The normalized spacial score (nSPS) is 14.1. The Balaban J connectivity index is 1.52. The van der Waals surface area contributed by atoms with Crippen LogP contribution in [-0.4, -0.2) is 36.3 Å². The van der Waals surface area contributed by atoms with E-state index in [-0.39, 0.29) is 30.0 Å². The zero-order valence-electron chi connectivity index (χ0n) is 27.1. The van der Waals surface area contributed by atoms with Crippen molar-refractivity contribution in [1.82, 2.24) is 4.57 Å². The molecule has 5 aromatic rings. The fraction of sp³-hybridized carbons (Fsp3) is 0.162. The molecule has 254 valence electrons. The van der Waals surface area contributed by atoms with Gasteiger partial charge in [-0.3, -0.25) is 19.5 Å². The maximum absolute atomic E-state index is 14.5. The zero-order chi connectivity index (χ0) is 35.4. The molecule has 1 aliphatic heterocycles. The number of aromatic nitrogens is 1. The van der Waals surface area contributed by atoms with Crippen LogP contribution in [-0.2, 0) is 16.1 Å². The summed E-state index contributed by atoms with van der Waals surface area (Å²) in [6, 6.07) is 25.2. The Morgan fingerprint density at radius 2 is 1.70 bits per heavy atom. The highest BCUT2D eigenvalue weighted by molar-refractivity contribution is 9.10. The van der Waals surface area contributed by atoms with Crippen molar-refractivity contribution in [3.63, 3.8) is 0 Å². The first kappa shape index (κ1) is 34.3. The molecule has 0 spiro atoms. The summed E-state index contributed by atoms with van der Waals surface area (Å²) in [5.41, 5.74) is 2.85. The van der Waals surface area contributed by atoms with Gasteiger partial charge in [0.1, 0.15) is 12.4 Å². The van der Waals surface area contributed by atoms with Crippen LogP contribution in [0.3, 0.4) is 0 Å². The summed E-state index contributed by atoms with van der Waals surface area (Å²) in [5.74, 6) is 0.811. The van der Waals surface area contributed by atoms with Crippen LogP contribution in [0.4, 0.5) is 5.69 Å². The largest absolute Gasteiger partial charge is 0.493 e. The second-order valence-electron chi connectivity index (χ2n) is 10.9. The van der Waals surface area contributed by atoms with E-state index in [1.54, 1.807) is 49.4 Å². The molecule has 0 saturated carbocycles. The number of rotatable bonds is 11. The van der Waals surface area contributed by atoms with Gasteiger partial charge in [0.05, 0.1) is 47.6 Å². The molecule has 0 aliphatic carbocycles. The number of carbonyl (C=O) groups excluding carboxylic acids is 1. The highest BCUT2D eigenvalue weighted by Crippen LogP contribution is 2.38. The number of hydrogen-bond donors (Lipinski definition) is 0. The van der Waals surface area contributed by atoms with E-state index in [4.69, 9.17) is 23.9 Å². The first-order valence-electron chi connectivity index (χ1n) is 15.4. The van der Waals surface area contributed by atoms with Crippen LogP contribution in [0.5, 0.6) is 17.2 Å². The molecule has 4 aromatic carbocycles. The van der Waals surface area contributed by atoms with E-state index in [9.17, 15) is 19.7 Å². The highest BCUT2D eigenvalue weighted by atomic mass is 79.9. The summed E-state index contributed by atoms with van der Waals surface area (Å²) in [6.07, 6.45) is 1.72. The first-order chi connectivity index (χ1) is 24.2. The van der Waals surface area contributed by atoms with Crippen molar-refractivity contribution in [3.05, 3.63) is 153 Å². The summed E-state index contributed by atoms with van der Waals surface area (Å²) >= 11 is 4.71. The van der Waals surface area contributed by atoms with Crippen molar-refractivity contribution in [2.24, 2.45) is 4.99 Å². The highest BCUT2D eigenvalue weighted by Gasteiger charge is 2.35. The molecule has 0 radical (unpaired) electrons. The summed E-state index contributed by atoms with van der Waals surface area (Å²) in [6.45, 7) is 1.99. The van der Waals surface area contributed by atoms with Gasteiger partial charge in [0.15, 0.2) is 16.3 Å². The predicted octanol–water partition coefficient (Wildman–Crippen LogP) is 6.20. The molecular weight excluding hydrogens is 726 g/mol. The van der Waals surface area contributed by atoms with Crippen molar-refractivity contribution < 1.29 is 28.7 Å². The van der Waals surface area contributed by atoms with Crippen molar-refractivity contribution >= 4 is 50.7 Å². The number of methoxy groups -OCH3 is 2. The second kappa shape index (κ2) is 14.9. The number of carbonyl (C=O) groups is 1. The Morgan fingerprint density at radius 1 is 0.980 bits per heavy atom. The van der Waals surface area contributed by atoms with E-state index in [0.29, 0.717) is 49.0 Å². The second-order valence-corrected chi connectivity index (χ2v) is 12.9. The number of halogens is 1. The average molecular weight is 757 g/mol. The maximum atomic E-state index is 14.5. The molecule has 0 N–H and O–H groups in total. The molecule has 1 aromatic heterocycles. The number of nitrogens with zero attached hydrogens (tertiary/aromatic N) is 3. The third-order valence-electron chi connectivity index (χ3n) is 7.90. The predicted molar refractivity (Wildman–Crippen MR) is 192 cm³/mol. The minimum absolute atomic E-state index is 0.0126. The molecular formula is C37H30BrN3O8S. The number of hydrogen-bond acceptors (Lipinski definition) is 10. The van der Waals surface area contributed by atoms with Gasteiger partial charge in [0.25, 0.3) is 11.2 Å². The van der Waals surface area contributed by atoms with Crippen LogP contribution in [0, 0.1) is 10.1 Å². The van der Waals surface area contributed by atoms with Gasteiger partial charge in [-0.15, -0.1) is 0 Å². The quantitative estimate of drug-likeness (QED) is 0.0885. The minimum Gasteiger partial charge on any atom is -0.493 e. The molecule has 0 unspecified atom stereocenters. The maximum Gasteiger partial charge on any atom is 0.338 e. The molecule has 0 amide bonds. The molecule has 50 heavy (non-hydrogen) atoms. The Labute approximate surface area is 298 Å². The van der Waals surface area contributed by atoms with Gasteiger partial charge in [-0.05, 0) is 66.6 Å². The molecule has 0 saturated heterocycles.